The molecule has 15 heavy (non-hydrogen) atoms. The molecule has 1 aliphatic rings. The summed E-state index contributed by atoms with van der Waals surface area (Å²) >= 11 is 3.31. The Hall–Kier alpha value is -1.23. The summed E-state index contributed by atoms with van der Waals surface area (Å²) in [7, 11) is 0. The first-order valence-corrected chi connectivity index (χ1v) is 5.58. The van der Waals surface area contributed by atoms with Crippen LogP contribution in [0.5, 0.6) is 0 Å². The Morgan fingerprint density at radius 1 is 1.47 bits per heavy atom. The van der Waals surface area contributed by atoms with Crippen LogP contribution in [-0.4, -0.2) is 20.9 Å². The van der Waals surface area contributed by atoms with E-state index >= 15 is 0 Å². The fourth-order valence-corrected chi connectivity index (χ4v) is 2.08. The van der Waals surface area contributed by atoms with E-state index in [2.05, 4.69) is 26.0 Å². The number of hydrogen-bond donors (Lipinski definition) is 0. The second kappa shape index (κ2) is 3.13. The molecule has 2 aromatic heterocycles. The summed E-state index contributed by atoms with van der Waals surface area (Å²) < 4.78 is 2.56. The molecule has 76 valence electrons. The minimum atomic E-state index is 0.483. The zero-order valence-corrected chi connectivity index (χ0v) is 9.44. The minimum absolute atomic E-state index is 0.483. The van der Waals surface area contributed by atoms with Crippen molar-refractivity contribution in [1.82, 2.24) is 14.6 Å². The lowest BCUT2D eigenvalue weighted by Gasteiger charge is -2.02. The maximum atomic E-state index is 10.7. The van der Waals surface area contributed by atoms with Crippen molar-refractivity contribution in [2.75, 3.05) is 0 Å². The number of aldehydes is 1. The van der Waals surface area contributed by atoms with Crippen molar-refractivity contribution in [2.24, 2.45) is 0 Å². The number of fused-ring (bicyclic) bond motifs is 1. The number of aromatic nitrogens is 3. The SMILES string of the molecule is O=Cc1cc(C2CC2)n2nc(Br)cc2n1. The van der Waals surface area contributed by atoms with Crippen LogP contribution >= 0.6 is 15.9 Å². The van der Waals surface area contributed by atoms with E-state index < -0.39 is 0 Å². The first-order valence-electron chi connectivity index (χ1n) is 4.79. The Balaban J connectivity index is 2.32. The van der Waals surface area contributed by atoms with Crippen molar-refractivity contribution in [3.05, 3.63) is 28.1 Å². The van der Waals surface area contributed by atoms with Crippen molar-refractivity contribution in [2.45, 2.75) is 18.8 Å². The lowest BCUT2D eigenvalue weighted by atomic mass is 10.2. The summed E-state index contributed by atoms with van der Waals surface area (Å²) in [4.78, 5) is 14.9. The van der Waals surface area contributed by atoms with E-state index in [1.165, 1.54) is 12.8 Å². The molecule has 0 saturated heterocycles. The molecule has 2 aromatic rings. The first-order chi connectivity index (χ1) is 7.28. The second-order valence-corrected chi connectivity index (χ2v) is 4.55. The van der Waals surface area contributed by atoms with Crippen LogP contribution in [0.15, 0.2) is 16.7 Å². The van der Waals surface area contributed by atoms with Gasteiger partial charge in [-0.2, -0.15) is 5.10 Å². The predicted octanol–water partition coefficient (Wildman–Crippen LogP) is 2.18. The van der Waals surface area contributed by atoms with Crippen LogP contribution in [0.4, 0.5) is 0 Å². The van der Waals surface area contributed by atoms with E-state index in [1.807, 2.05) is 16.6 Å². The van der Waals surface area contributed by atoms with Crippen LogP contribution in [-0.2, 0) is 0 Å². The first kappa shape index (κ1) is 9.03. The third-order valence-electron chi connectivity index (χ3n) is 2.56. The van der Waals surface area contributed by atoms with E-state index in [0.717, 1.165) is 22.2 Å². The molecule has 1 aliphatic carbocycles. The van der Waals surface area contributed by atoms with Gasteiger partial charge in [-0.25, -0.2) is 9.50 Å². The smallest absolute Gasteiger partial charge is 0.168 e. The van der Waals surface area contributed by atoms with Crippen LogP contribution in [0, 0.1) is 0 Å². The van der Waals surface area contributed by atoms with E-state index in [9.17, 15) is 4.79 Å². The number of carbonyl (C=O) groups is 1. The second-order valence-electron chi connectivity index (χ2n) is 3.74. The third-order valence-corrected chi connectivity index (χ3v) is 2.95. The highest BCUT2D eigenvalue weighted by molar-refractivity contribution is 9.10. The Morgan fingerprint density at radius 3 is 2.93 bits per heavy atom. The molecule has 0 amide bonds. The zero-order valence-electron chi connectivity index (χ0n) is 7.85. The molecular formula is C10H8BrN3O. The van der Waals surface area contributed by atoms with Gasteiger partial charge in [0.15, 0.2) is 11.9 Å². The van der Waals surface area contributed by atoms with E-state index in [1.54, 1.807) is 0 Å². The van der Waals surface area contributed by atoms with Gasteiger partial charge in [0.2, 0.25) is 0 Å². The van der Waals surface area contributed by atoms with Gasteiger partial charge in [-0.05, 0) is 34.8 Å². The monoisotopic (exact) mass is 265 g/mol. The van der Waals surface area contributed by atoms with Gasteiger partial charge >= 0.3 is 0 Å². The van der Waals surface area contributed by atoms with Gasteiger partial charge in [-0.3, -0.25) is 4.79 Å². The Morgan fingerprint density at radius 2 is 2.27 bits per heavy atom. The Labute approximate surface area is 94.4 Å². The highest BCUT2D eigenvalue weighted by Crippen LogP contribution is 2.40. The zero-order chi connectivity index (χ0) is 10.4. The van der Waals surface area contributed by atoms with Gasteiger partial charge in [-0.1, -0.05) is 0 Å². The average molecular weight is 266 g/mol. The lowest BCUT2D eigenvalue weighted by Crippen LogP contribution is -2.01. The largest absolute Gasteiger partial charge is 0.296 e. The number of nitrogens with zero attached hydrogens (tertiary/aromatic N) is 3. The molecule has 4 nitrogen and oxygen atoms in total. The van der Waals surface area contributed by atoms with Gasteiger partial charge in [0, 0.05) is 17.7 Å². The van der Waals surface area contributed by atoms with E-state index in [4.69, 9.17) is 0 Å². The van der Waals surface area contributed by atoms with Crippen molar-refractivity contribution >= 4 is 27.9 Å². The summed E-state index contributed by atoms with van der Waals surface area (Å²) in [5, 5.41) is 4.30. The topological polar surface area (TPSA) is 47.3 Å². The molecule has 3 rings (SSSR count). The van der Waals surface area contributed by atoms with Crippen molar-refractivity contribution < 1.29 is 4.79 Å². The van der Waals surface area contributed by atoms with Crippen LogP contribution in [0.3, 0.4) is 0 Å². The molecule has 0 atom stereocenters. The fraction of sp³-hybridized carbons (Fsp3) is 0.300. The highest BCUT2D eigenvalue weighted by atomic mass is 79.9. The Bertz CT molecular complexity index is 545. The molecule has 2 heterocycles. The van der Waals surface area contributed by atoms with Gasteiger partial charge in [0.05, 0.1) is 0 Å². The molecule has 0 spiro atoms. The molecular weight excluding hydrogens is 258 g/mol. The fourth-order valence-electron chi connectivity index (χ4n) is 1.72. The van der Waals surface area contributed by atoms with E-state index in [-0.39, 0.29) is 0 Å². The summed E-state index contributed by atoms with van der Waals surface area (Å²) in [5.41, 5.74) is 2.30. The van der Waals surface area contributed by atoms with Crippen molar-refractivity contribution in [3.8, 4) is 0 Å². The molecule has 1 saturated carbocycles. The van der Waals surface area contributed by atoms with Gasteiger partial charge < -0.3 is 0 Å². The molecule has 0 radical (unpaired) electrons. The molecule has 5 heteroatoms. The Kier molecular flexibility index (Phi) is 1.88. The molecule has 0 aliphatic heterocycles. The van der Waals surface area contributed by atoms with Crippen LogP contribution in [0.25, 0.3) is 5.65 Å². The summed E-state index contributed by atoms with van der Waals surface area (Å²) in [6.07, 6.45) is 3.14. The van der Waals surface area contributed by atoms with Gasteiger partial charge in [-0.15, -0.1) is 0 Å². The molecule has 0 bridgehead atoms. The average Bonchev–Trinajstić information content (AvgIpc) is 2.98. The molecule has 0 aromatic carbocycles. The quantitative estimate of drug-likeness (QED) is 0.783. The number of carbonyl (C=O) groups excluding carboxylic acids is 1. The van der Waals surface area contributed by atoms with Crippen LogP contribution < -0.4 is 0 Å². The van der Waals surface area contributed by atoms with Gasteiger partial charge in [0.25, 0.3) is 0 Å². The maximum absolute atomic E-state index is 10.7. The summed E-state index contributed by atoms with van der Waals surface area (Å²) in [6.45, 7) is 0. The minimum Gasteiger partial charge on any atom is -0.296 e. The third kappa shape index (κ3) is 1.47. The van der Waals surface area contributed by atoms with Crippen molar-refractivity contribution in [3.63, 3.8) is 0 Å². The maximum Gasteiger partial charge on any atom is 0.168 e. The normalized spacial score (nSPS) is 15.8. The van der Waals surface area contributed by atoms with Gasteiger partial charge in [0.1, 0.15) is 10.3 Å². The van der Waals surface area contributed by atoms with Crippen LogP contribution in [0.2, 0.25) is 0 Å². The summed E-state index contributed by atoms with van der Waals surface area (Å²) in [5.74, 6) is 0.543. The van der Waals surface area contributed by atoms with Crippen LogP contribution in [0.1, 0.15) is 34.9 Å². The molecule has 1 fully saturated rings. The lowest BCUT2D eigenvalue weighted by molar-refractivity contribution is 0.111. The van der Waals surface area contributed by atoms with Crippen molar-refractivity contribution in [1.29, 1.82) is 0 Å². The molecule has 0 unspecified atom stereocenters. The number of halogens is 1. The number of rotatable bonds is 2. The predicted molar refractivity (Wildman–Crippen MR) is 58.0 cm³/mol. The number of hydrogen-bond acceptors (Lipinski definition) is 3. The standard InChI is InChI=1S/C10H8BrN3O/c11-9-4-10-12-7(5-15)3-8(6-1-2-6)14(10)13-9/h3-6H,1-2H2. The molecule has 0 N–H and O–H groups in total. The summed E-state index contributed by atoms with van der Waals surface area (Å²) in [6, 6.07) is 3.65. The highest BCUT2D eigenvalue weighted by Gasteiger charge is 2.27. The van der Waals surface area contributed by atoms with E-state index in [0.29, 0.717) is 11.6 Å².